The van der Waals surface area contributed by atoms with E-state index in [0.29, 0.717) is 11.4 Å². The van der Waals surface area contributed by atoms with Gasteiger partial charge < -0.3 is 10.3 Å². The minimum absolute atomic E-state index is 0.0798. The van der Waals surface area contributed by atoms with E-state index in [1.165, 1.54) is 12.3 Å². The van der Waals surface area contributed by atoms with E-state index in [2.05, 4.69) is 31.1 Å². The van der Waals surface area contributed by atoms with Gasteiger partial charge in [0, 0.05) is 11.8 Å². The SMILES string of the molecule is Nc1cccnc1-c1nc(-c2ccc(F)c(F)c2Br)no1. The van der Waals surface area contributed by atoms with Crippen LogP contribution in [0.5, 0.6) is 0 Å². The fraction of sp³-hybridized carbons (Fsp3) is 0. The average Bonchev–Trinajstić information content (AvgIpc) is 2.95. The predicted molar refractivity (Wildman–Crippen MR) is 75.0 cm³/mol. The number of nitrogens with two attached hydrogens (primary N) is 1. The number of pyridine rings is 1. The first-order chi connectivity index (χ1) is 10.1. The molecule has 0 bridgehead atoms. The van der Waals surface area contributed by atoms with Gasteiger partial charge in [0.25, 0.3) is 5.89 Å². The lowest BCUT2D eigenvalue weighted by atomic mass is 10.2. The number of hydrogen-bond acceptors (Lipinski definition) is 5. The Bertz CT molecular complexity index is 822. The van der Waals surface area contributed by atoms with Crippen LogP contribution in [0.15, 0.2) is 39.5 Å². The third-order valence-electron chi connectivity index (χ3n) is 2.74. The normalized spacial score (nSPS) is 10.8. The van der Waals surface area contributed by atoms with Gasteiger partial charge in [0.2, 0.25) is 5.82 Å². The molecule has 2 aromatic heterocycles. The Labute approximate surface area is 125 Å². The second-order valence-corrected chi connectivity index (χ2v) is 4.88. The summed E-state index contributed by atoms with van der Waals surface area (Å²) < 4.78 is 31.6. The van der Waals surface area contributed by atoms with Gasteiger partial charge in [-0.25, -0.2) is 13.8 Å². The third-order valence-corrected chi connectivity index (χ3v) is 3.52. The molecule has 106 valence electrons. The second kappa shape index (κ2) is 5.21. The molecule has 0 aliphatic carbocycles. The molecule has 0 saturated carbocycles. The molecular formula is C13H7BrF2N4O. The molecule has 0 aliphatic heterocycles. The van der Waals surface area contributed by atoms with Gasteiger partial charge in [-0.1, -0.05) is 5.16 Å². The zero-order valence-electron chi connectivity index (χ0n) is 10.3. The third kappa shape index (κ3) is 2.38. The summed E-state index contributed by atoms with van der Waals surface area (Å²) in [6, 6.07) is 5.64. The second-order valence-electron chi connectivity index (χ2n) is 4.09. The molecule has 3 aromatic rings. The molecule has 0 saturated heterocycles. The number of rotatable bonds is 2. The van der Waals surface area contributed by atoms with Crippen LogP contribution in [-0.4, -0.2) is 15.1 Å². The van der Waals surface area contributed by atoms with Crippen LogP contribution in [0.25, 0.3) is 23.0 Å². The van der Waals surface area contributed by atoms with Crippen LogP contribution in [0.3, 0.4) is 0 Å². The Hall–Kier alpha value is -2.35. The fourth-order valence-corrected chi connectivity index (χ4v) is 2.22. The first-order valence-electron chi connectivity index (χ1n) is 5.76. The number of nitrogens with zero attached hydrogens (tertiary/aromatic N) is 3. The molecule has 0 spiro atoms. The highest BCUT2D eigenvalue weighted by Gasteiger charge is 2.19. The van der Waals surface area contributed by atoms with Crippen LogP contribution < -0.4 is 5.73 Å². The molecule has 3 rings (SSSR count). The zero-order valence-corrected chi connectivity index (χ0v) is 11.9. The summed E-state index contributed by atoms with van der Waals surface area (Å²) in [6.07, 6.45) is 1.53. The monoisotopic (exact) mass is 352 g/mol. The summed E-state index contributed by atoms with van der Waals surface area (Å²) in [4.78, 5) is 8.15. The molecule has 0 aliphatic rings. The van der Waals surface area contributed by atoms with Crippen LogP contribution in [-0.2, 0) is 0 Å². The number of anilines is 1. The van der Waals surface area contributed by atoms with Crippen molar-refractivity contribution < 1.29 is 13.3 Å². The molecule has 0 amide bonds. The van der Waals surface area contributed by atoms with E-state index < -0.39 is 11.6 Å². The highest BCUT2D eigenvalue weighted by atomic mass is 79.9. The zero-order chi connectivity index (χ0) is 15.0. The van der Waals surface area contributed by atoms with Crippen molar-refractivity contribution in [2.24, 2.45) is 0 Å². The van der Waals surface area contributed by atoms with Gasteiger partial charge in [-0.15, -0.1) is 0 Å². The maximum absolute atomic E-state index is 13.5. The molecule has 0 fully saturated rings. The number of aromatic nitrogens is 3. The molecule has 0 radical (unpaired) electrons. The molecule has 21 heavy (non-hydrogen) atoms. The molecular weight excluding hydrogens is 346 g/mol. The van der Waals surface area contributed by atoms with Crippen LogP contribution in [0.4, 0.5) is 14.5 Å². The van der Waals surface area contributed by atoms with Gasteiger partial charge in [-0.05, 0) is 40.2 Å². The molecule has 8 heteroatoms. The quantitative estimate of drug-likeness (QED) is 0.715. The van der Waals surface area contributed by atoms with Crippen molar-refractivity contribution in [3.63, 3.8) is 0 Å². The summed E-state index contributed by atoms with van der Waals surface area (Å²) >= 11 is 2.97. The molecule has 2 heterocycles. The predicted octanol–water partition coefficient (Wildman–Crippen LogP) is 3.42. The van der Waals surface area contributed by atoms with Crippen molar-refractivity contribution in [2.45, 2.75) is 0 Å². The van der Waals surface area contributed by atoms with Crippen LogP contribution in [0.1, 0.15) is 0 Å². The fourth-order valence-electron chi connectivity index (χ4n) is 1.72. The van der Waals surface area contributed by atoms with Crippen LogP contribution in [0.2, 0.25) is 0 Å². The van der Waals surface area contributed by atoms with E-state index in [1.807, 2.05) is 0 Å². The Morgan fingerprint density at radius 3 is 2.76 bits per heavy atom. The Kier molecular flexibility index (Phi) is 3.38. The van der Waals surface area contributed by atoms with Crippen molar-refractivity contribution in [3.8, 4) is 23.0 Å². The highest BCUT2D eigenvalue weighted by molar-refractivity contribution is 9.10. The van der Waals surface area contributed by atoms with Gasteiger partial charge in [0.1, 0.15) is 0 Å². The van der Waals surface area contributed by atoms with Crippen molar-refractivity contribution in [3.05, 3.63) is 46.6 Å². The van der Waals surface area contributed by atoms with Gasteiger partial charge in [0.15, 0.2) is 17.3 Å². The maximum atomic E-state index is 13.5. The van der Waals surface area contributed by atoms with E-state index in [4.69, 9.17) is 10.3 Å². The van der Waals surface area contributed by atoms with Gasteiger partial charge in [-0.3, -0.25) is 0 Å². The molecule has 2 N–H and O–H groups in total. The number of hydrogen-bond donors (Lipinski definition) is 1. The first kappa shape index (κ1) is 13.6. The first-order valence-corrected chi connectivity index (χ1v) is 6.55. The van der Waals surface area contributed by atoms with Crippen LogP contribution in [0, 0.1) is 11.6 Å². The standard InChI is InChI=1S/C13H7BrF2N4O/c14-9-6(3-4-7(15)10(9)16)12-19-13(21-20-12)11-8(17)2-1-5-18-11/h1-5H,17H2. The number of nitrogen functional groups attached to an aromatic ring is 1. The van der Waals surface area contributed by atoms with Gasteiger partial charge >= 0.3 is 0 Å². The van der Waals surface area contributed by atoms with Crippen molar-refractivity contribution in [1.82, 2.24) is 15.1 Å². The Balaban J connectivity index is 2.07. The molecule has 1 aromatic carbocycles. The summed E-state index contributed by atoms with van der Waals surface area (Å²) in [5, 5.41) is 3.73. The Morgan fingerprint density at radius 1 is 1.19 bits per heavy atom. The van der Waals surface area contributed by atoms with Crippen LogP contribution >= 0.6 is 15.9 Å². The van der Waals surface area contributed by atoms with Crippen molar-refractivity contribution in [2.75, 3.05) is 5.73 Å². The number of halogens is 3. The van der Waals surface area contributed by atoms with E-state index in [-0.39, 0.29) is 21.8 Å². The summed E-state index contributed by atoms with van der Waals surface area (Å²) in [6.45, 7) is 0. The number of benzene rings is 1. The van der Waals surface area contributed by atoms with E-state index >= 15 is 0 Å². The minimum Gasteiger partial charge on any atom is -0.397 e. The molecule has 5 nitrogen and oxygen atoms in total. The van der Waals surface area contributed by atoms with Gasteiger partial charge in [-0.2, -0.15) is 4.98 Å². The Morgan fingerprint density at radius 2 is 2.00 bits per heavy atom. The van der Waals surface area contributed by atoms with E-state index in [0.717, 1.165) is 6.07 Å². The minimum atomic E-state index is -1.02. The molecule has 0 unspecified atom stereocenters. The maximum Gasteiger partial charge on any atom is 0.278 e. The lowest BCUT2D eigenvalue weighted by Crippen LogP contribution is -1.93. The van der Waals surface area contributed by atoms with Crippen molar-refractivity contribution in [1.29, 1.82) is 0 Å². The largest absolute Gasteiger partial charge is 0.397 e. The lowest BCUT2D eigenvalue weighted by molar-refractivity contribution is 0.431. The summed E-state index contributed by atoms with van der Waals surface area (Å²) in [5.74, 6) is -1.79. The lowest BCUT2D eigenvalue weighted by Gasteiger charge is -2.01. The molecule has 0 atom stereocenters. The highest BCUT2D eigenvalue weighted by Crippen LogP contribution is 2.31. The summed E-state index contributed by atoms with van der Waals surface area (Å²) in [5.41, 5.74) is 6.73. The summed E-state index contributed by atoms with van der Waals surface area (Å²) in [7, 11) is 0. The van der Waals surface area contributed by atoms with E-state index in [1.54, 1.807) is 12.1 Å². The van der Waals surface area contributed by atoms with E-state index in [9.17, 15) is 8.78 Å². The average molecular weight is 353 g/mol. The van der Waals surface area contributed by atoms with Crippen molar-refractivity contribution >= 4 is 21.6 Å². The topological polar surface area (TPSA) is 77.8 Å². The smallest absolute Gasteiger partial charge is 0.278 e. The van der Waals surface area contributed by atoms with Gasteiger partial charge in [0.05, 0.1) is 10.2 Å².